The van der Waals surface area contributed by atoms with Crippen molar-refractivity contribution in [3.05, 3.63) is 225 Å². The number of halogens is 3. The van der Waals surface area contributed by atoms with Crippen molar-refractivity contribution in [2.45, 2.75) is 114 Å². The zero-order valence-corrected chi connectivity index (χ0v) is 71.0. The average molecular weight is 1710 g/mol. The first kappa shape index (κ1) is 104. The molecule has 0 bridgehead atoms. The van der Waals surface area contributed by atoms with E-state index in [1.54, 1.807) is 0 Å². The normalized spacial score (nSPS) is 12.2. The van der Waals surface area contributed by atoms with Gasteiger partial charge in [0, 0.05) is 53.4 Å². The molecule has 0 aliphatic carbocycles. The Kier molecular flexibility index (Phi) is 54.3. The molecule has 0 aliphatic heterocycles. The molecule has 7 aromatic carbocycles. The molecule has 7 aromatic rings. The topological polar surface area (TPSA) is 395 Å². The van der Waals surface area contributed by atoms with E-state index < -0.39 is 107 Å². The van der Waals surface area contributed by atoms with Crippen molar-refractivity contribution >= 4 is 134 Å². The van der Waals surface area contributed by atoms with Crippen molar-refractivity contribution in [3.8, 4) is 0 Å². The van der Waals surface area contributed by atoms with Gasteiger partial charge >= 0.3 is 35.3 Å². The van der Waals surface area contributed by atoms with Gasteiger partial charge in [0.15, 0.2) is 0 Å². The van der Waals surface area contributed by atoms with Crippen LogP contribution < -0.4 is 59.8 Å². The predicted octanol–water partition coefficient (Wildman–Crippen LogP) is 6.36. The minimum Gasteiger partial charge on any atom is -0.480 e. The number of rotatable bonds is 22. The van der Waals surface area contributed by atoms with Gasteiger partial charge in [0.1, 0.15) is 45.6 Å². The van der Waals surface area contributed by atoms with Crippen LogP contribution in [0.25, 0.3) is 0 Å². The van der Waals surface area contributed by atoms with Crippen LogP contribution in [0, 0.1) is 7.43 Å². The summed E-state index contributed by atoms with van der Waals surface area (Å²) in [4.78, 5) is 63.8. The maximum Gasteiger partial charge on any atom is 0.404 e. The van der Waals surface area contributed by atoms with Crippen LogP contribution in [0.2, 0.25) is 15.1 Å². The van der Waals surface area contributed by atoms with Gasteiger partial charge in [0.25, 0.3) is 16.6 Å². The number of hydrogen-bond acceptors (Lipinski definition) is 22. The van der Waals surface area contributed by atoms with Crippen molar-refractivity contribution in [1.29, 1.82) is 0 Å². The molecule has 7 rings (SSSR count). The van der Waals surface area contributed by atoms with Gasteiger partial charge in [-0.25, -0.2) is 9.00 Å². The number of nitrogens with two attached hydrogens (primary N) is 5. The molecule has 0 spiro atoms. The summed E-state index contributed by atoms with van der Waals surface area (Å²) in [5.74, 6) is -3.28. The van der Waals surface area contributed by atoms with Crippen LogP contribution in [0.4, 0.5) is 4.79 Å². The van der Waals surface area contributed by atoms with Crippen LogP contribution in [0.3, 0.4) is 0 Å². The molecule has 5 atom stereocenters. The smallest absolute Gasteiger partial charge is 0.404 e. The van der Waals surface area contributed by atoms with Crippen LogP contribution in [0.15, 0.2) is 212 Å². The van der Waals surface area contributed by atoms with E-state index in [0.29, 0.717) is 5.04 Å². The molecule has 0 aromatic heterocycles. The molecule has 31 heteroatoms. The number of ether oxygens (including phenoxy) is 5. The fraction of sp³-hybridized carbons (Fsp3) is 0.355. The van der Waals surface area contributed by atoms with Gasteiger partial charge in [-0.1, -0.05) is 285 Å². The third kappa shape index (κ3) is 38.5. The second-order valence-corrected chi connectivity index (χ2v) is 41.2. The average Bonchev–Trinajstić information content (AvgIpc) is 0.755. The summed E-state index contributed by atoms with van der Waals surface area (Å²) in [6, 6.07) is 67.8. The van der Waals surface area contributed by atoms with Gasteiger partial charge in [-0.05, 0) is 41.4 Å². The predicted molar refractivity (Wildman–Crippen MR) is 432 cm³/mol. The van der Waals surface area contributed by atoms with Crippen LogP contribution in [-0.2, 0) is 92.8 Å². The number of aliphatic hydroxyl groups is 3. The molecule has 0 unspecified atom stereocenters. The van der Waals surface area contributed by atoms with Gasteiger partial charge < -0.3 is 89.1 Å². The van der Waals surface area contributed by atoms with E-state index in [1.807, 2.05) is 103 Å². The van der Waals surface area contributed by atoms with Crippen molar-refractivity contribution in [1.82, 2.24) is 0 Å². The summed E-state index contributed by atoms with van der Waals surface area (Å²) in [6.07, 6.45) is 0. The molecule has 0 aliphatic rings. The number of esters is 4. The number of carboxylic acids is 1. The van der Waals surface area contributed by atoms with E-state index in [2.05, 4.69) is 207 Å². The molecule has 14 N–H and O–H groups in total. The van der Waals surface area contributed by atoms with E-state index in [1.165, 1.54) is 38.8 Å². The quantitative estimate of drug-likeness (QED) is 0.0117. The molecule has 0 radical (unpaired) electrons. The molecule has 0 saturated carbocycles. The zero-order chi connectivity index (χ0) is 80.0. The second kappa shape index (κ2) is 55.7. The molecule has 596 valence electrons. The van der Waals surface area contributed by atoms with Crippen LogP contribution in [0.5, 0.6) is 0 Å². The van der Waals surface area contributed by atoms with Crippen molar-refractivity contribution < 1.29 is 106 Å². The van der Waals surface area contributed by atoms with Gasteiger partial charge in [0.05, 0.1) is 61.5 Å². The largest absolute Gasteiger partial charge is 0.480 e. The fourth-order valence-corrected chi connectivity index (χ4v) is 22.9. The SMILES string of the molecule is CC(C)(C)[SiH](c1ccccc1)c1ccccc1.COC(=O)[C@@H](N)CO.COC(=O)[C@@H](N)CO.COC(=O)[C@@H](N)CO[Si](c1ccccc1)(c1ccccc1)C(C)(C)C.COC(=O)[C@@H](N)CO[Si](c1ccccc1)(c1ccccc1)C(C)(C)C.N[C@@H](CO)C(=O)O.O=C(Cl)OCc1ccccc1.O=S(Cl)Cl.[CH3-].[Pd]. The molecule has 23 nitrogen and oxygen atoms in total. The summed E-state index contributed by atoms with van der Waals surface area (Å²) < 4.78 is 44.6. The monoisotopic (exact) mass is 1710 g/mol. The third-order valence-electron chi connectivity index (χ3n) is 15.0. The molecular weight excluding hydrogens is 1600 g/mol. The second-order valence-electron chi connectivity index (χ2n) is 25.8. The number of aliphatic hydroxyl groups excluding tert-OH is 3. The van der Waals surface area contributed by atoms with E-state index in [4.69, 9.17) is 83.2 Å². The Labute approximate surface area is 665 Å². The van der Waals surface area contributed by atoms with Crippen molar-refractivity contribution in [2.75, 3.05) is 61.5 Å². The van der Waals surface area contributed by atoms with Gasteiger partial charge in [0.2, 0.25) is 9.23 Å². The van der Waals surface area contributed by atoms with E-state index in [0.717, 1.165) is 26.3 Å². The standard InChI is InChI=1S/2C20H27NO3Si.C16H20Si.C8H7ClO2.2C4H9NO3.C3H7NO3.CH3.Cl2OS.Pd/c2*1-20(2,3)25(16-11-7-5-8-12-16,17-13-9-6-10-14-17)24-15-18(21)19(22)23-4;1-16(2,3)17(14-10-6-4-7-11-14)15-12-8-5-9-13-15;9-8(10)11-6-7-4-2-1-3-5-7;2*1-8-4(7)3(5)2-6;4-2(1-5)3(6)7;;1-4(2)3;/h2*5-14,18H,15,21H2,1-4H3;4-13,17H,1-3H3;1-5H,6H2;2*3,6H,2,5H2,1H3;2,5H,1,4H2,(H,6,7);1H3;;/q;;;;;;;-1;;/t2*18-;;;2*3-;2-;;;/m00..000.../s1. The Balaban J connectivity index is -0.00000123. The Bertz CT molecular complexity index is 3310. The van der Waals surface area contributed by atoms with Crippen LogP contribution >= 0.6 is 33.0 Å². The minimum absolute atomic E-state index is 0. The van der Waals surface area contributed by atoms with E-state index >= 15 is 0 Å². The molecular formula is C76H109Cl3N5O18PdSSi3-. The Morgan fingerprint density at radius 2 is 0.654 bits per heavy atom. The zero-order valence-electron chi connectivity index (χ0n) is 63.2. The first-order chi connectivity index (χ1) is 49.4. The number of carbonyl (C=O) groups excluding carboxylic acids is 5. The van der Waals surface area contributed by atoms with Gasteiger partial charge in [-0.3, -0.25) is 24.0 Å². The molecule has 0 saturated heterocycles. The summed E-state index contributed by atoms with van der Waals surface area (Å²) in [6.45, 7) is 19.4. The maximum absolute atomic E-state index is 11.7. The fourth-order valence-electron chi connectivity index (χ4n) is 10.1. The number of hydrogen-bond donors (Lipinski definition) is 9. The van der Waals surface area contributed by atoms with E-state index in [-0.39, 0.29) is 71.0 Å². The summed E-state index contributed by atoms with van der Waals surface area (Å²) in [5.41, 5.74) is 26.8. The van der Waals surface area contributed by atoms with E-state index in [9.17, 15) is 28.8 Å². The van der Waals surface area contributed by atoms with Gasteiger partial charge in [-0.2, -0.15) is 0 Å². The summed E-state index contributed by atoms with van der Waals surface area (Å²) >= 11 is 4.97. The maximum atomic E-state index is 11.7. The number of benzene rings is 7. The molecule has 107 heavy (non-hydrogen) atoms. The number of carbonyl (C=O) groups is 6. The first-order valence-electron chi connectivity index (χ1n) is 32.7. The number of carboxylic acid groups (broad SMARTS) is 1. The Hall–Kier alpha value is -6.71. The molecule has 0 amide bonds. The molecule has 0 heterocycles. The van der Waals surface area contributed by atoms with Crippen LogP contribution in [-0.4, -0.2) is 177 Å². The van der Waals surface area contributed by atoms with Crippen molar-refractivity contribution in [2.24, 2.45) is 28.7 Å². The number of methoxy groups -OCH3 is 4. The third-order valence-corrected chi connectivity index (χ3v) is 29.0. The Morgan fingerprint density at radius 3 is 0.832 bits per heavy atom. The number of aliphatic carboxylic acids is 1. The Morgan fingerprint density at radius 1 is 0.430 bits per heavy atom. The molecule has 0 fully saturated rings. The van der Waals surface area contributed by atoms with Crippen molar-refractivity contribution in [3.63, 3.8) is 0 Å². The first-order valence-corrected chi connectivity index (χ1v) is 41.5. The summed E-state index contributed by atoms with van der Waals surface area (Å²) in [7, 11) is 6.02. The summed E-state index contributed by atoms with van der Waals surface area (Å²) in [5, 5.41) is 40.1. The van der Waals surface area contributed by atoms with Crippen LogP contribution in [0.1, 0.15) is 67.9 Å². The van der Waals surface area contributed by atoms with Gasteiger partial charge in [-0.15, -0.1) is 0 Å². The minimum atomic E-state index is -2.66.